The van der Waals surface area contributed by atoms with E-state index in [0.29, 0.717) is 13.0 Å². The van der Waals surface area contributed by atoms with E-state index in [1.807, 2.05) is 31.2 Å². The number of nitrogens with one attached hydrogen (secondary N) is 2. The fourth-order valence-electron chi connectivity index (χ4n) is 6.24. The summed E-state index contributed by atoms with van der Waals surface area (Å²) in [7, 11) is 0. The summed E-state index contributed by atoms with van der Waals surface area (Å²) < 4.78 is 4.99. The standard InChI is InChI=1S/C24H32N2O4/c1-16-2-4-17(5-3-16)13-25-22(28)15-30-23(29)14-26-21(27)12-24-9-18-6-19(10-24)8-20(7-18)11-24/h2-5,18-20H,6-15H2,1H3,(H,25,28)(H,26,27). The molecule has 0 heterocycles. The van der Waals surface area contributed by atoms with Crippen molar-refractivity contribution >= 4 is 17.8 Å². The smallest absolute Gasteiger partial charge is 0.325 e. The minimum atomic E-state index is -0.584. The number of hydrogen-bond acceptors (Lipinski definition) is 4. The highest BCUT2D eigenvalue weighted by molar-refractivity contribution is 5.84. The summed E-state index contributed by atoms with van der Waals surface area (Å²) in [6.07, 6.45) is 8.05. The fraction of sp³-hybridized carbons (Fsp3) is 0.625. The highest BCUT2D eigenvalue weighted by Crippen LogP contribution is 2.61. The Bertz CT molecular complexity index is 767. The summed E-state index contributed by atoms with van der Waals surface area (Å²) in [5.74, 6) is 1.38. The van der Waals surface area contributed by atoms with Gasteiger partial charge in [0.1, 0.15) is 6.54 Å². The zero-order valence-corrected chi connectivity index (χ0v) is 17.7. The van der Waals surface area contributed by atoms with E-state index in [-0.39, 0.29) is 30.4 Å². The minimum Gasteiger partial charge on any atom is -0.454 e. The molecule has 0 radical (unpaired) electrons. The molecule has 5 rings (SSSR count). The molecule has 0 aliphatic heterocycles. The Kier molecular flexibility index (Phi) is 6.11. The van der Waals surface area contributed by atoms with Crippen molar-refractivity contribution in [1.29, 1.82) is 0 Å². The molecule has 0 atom stereocenters. The molecule has 0 saturated heterocycles. The monoisotopic (exact) mass is 412 g/mol. The van der Waals surface area contributed by atoms with Crippen molar-refractivity contribution in [1.82, 2.24) is 10.6 Å². The van der Waals surface area contributed by atoms with Crippen molar-refractivity contribution in [3.05, 3.63) is 35.4 Å². The van der Waals surface area contributed by atoms with Gasteiger partial charge in [-0.05, 0) is 74.2 Å². The Hall–Kier alpha value is -2.37. The maximum absolute atomic E-state index is 12.5. The van der Waals surface area contributed by atoms with Gasteiger partial charge in [-0.15, -0.1) is 0 Å². The molecule has 30 heavy (non-hydrogen) atoms. The maximum Gasteiger partial charge on any atom is 0.325 e. The summed E-state index contributed by atoms with van der Waals surface area (Å²) in [6.45, 7) is 1.87. The van der Waals surface area contributed by atoms with E-state index < -0.39 is 5.97 Å². The van der Waals surface area contributed by atoms with Crippen LogP contribution in [0.5, 0.6) is 0 Å². The van der Waals surface area contributed by atoms with Gasteiger partial charge in [-0.2, -0.15) is 0 Å². The first-order chi connectivity index (χ1) is 14.4. The molecule has 0 unspecified atom stereocenters. The second kappa shape index (κ2) is 8.78. The molecule has 2 amide bonds. The van der Waals surface area contributed by atoms with Crippen LogP contribution in [0.2, 0.25) is 0 Å². The molecule has 6 nitrogen and oxygen atoms in total. The second-order valence-electron chi connectivity index (χ2n) is 9.79. The number of hydrogen-bond donors (Lipinski definition) is 2. The molecule has 162 valence electrons. The SMILES string of the molecule is Cc1ccc(CNC(=O)COC(=O)CNC(=O)CC23CC4CC(CC(C4)C2)C3)cc1. The summed E-state index contributed by atoms with van der Waals surface area (Å²) in [5, 5.41) is 5.42. The van der Waals surface area contributed by atoms with Crippen molar-refractivity contribution < 1.29 is 19.1 Å². The predicted molar refractivity (Wildman–Crippen MR) is 112 cm³/mol. The van der Waals surface area contributed by atoms with Crippen molar-refractivity contribution in [3.63, 3.8) is 0 Å². The number of aryl methyl sites for hydroxylation is 1. The average Bonchev–Trinajstić information content (AvgIpc) is 2.69. The van der Waals surface area contributed by atoms with Crippen molar-refractivity contribution in [2.24, 2.45) is 23.2 Å². The lowest BCUT2D eigenvalue weighted by Gasteiger charge is -2.56. The van der Waals surface area contributed by atoms with Crippen LogP contribution in [-0.4, -0.2) is 30.9 Å². The van der Waals surface area contributed by atoms with Gasteiger partial charge in [0, 0.05) is 13.0 Å². The van der Waals surface area contributed by atoms with Gasteiger partial charge in [-0.3, -0.25) is 14.4 Å². The van der Waals surface area contributed by atoms with E-state index in [2.05, 4.69) is 10.6 Å². The average molecular weight is 413 g/mol. The highest BCUT2D eigenvalue weighted by Gasteiger charge is 2.51. The molecule has 0 aromatic heterocycles. The van der Waals surface area contributed by atoms with Crippen LogP contribution in [0.1, 0.15) is 56.1 Å². The quantitative estimate of drug-likeness (QED) is 0.643. The van der Waals surface area contributed by atoms with Gasteiger partial charge in [-0.25, -0.2) is 0 Å². The summed E-state index contributed by atoms with van der Waals surface area (Å²) >= 11 is 0. The van der Waals surface area contributed by atoms with E-state index in [0.717, 1.165) is 28.9 Å². The van der Waals surface area contributed by atoms with Crippen LogP contribution >= 0.6 is 0 Å². The topological polar surface area (TPSA) is 84.5 Å². The van der Waals surface area contributed by atoms with Crippen LogP contribution < -0.4 is 10.6 Å². The molecule has 4 aliphatic carbocycles. The van der Waals surface area contributed by atoms with Gasteiger partial charge in [0.2, 0.25) is 5.91 Å². The van der Waals surface area contributed by atoms with E-state index >= 15 is 0 Å². The third-order valence-electron chi connectivity index (χ3n) is 7.11. The summed E-state index contributed by atoms with van der Waals surface area (Å²) in [5.41, 5.74) is 2.29. The van der Waals surface area contributed by atoms with E-state index in [1.165, 1.54) is 38.5 Å². The molecule has 6 heteroatoms. The van der Waals surface area contributed by atoms with E-state index in [1.54, 1.807) is 0 Å². The number of carbonyl (C=O) groups is 3. The number of benzene rings is 1. The number of carbonyl (C=O) groups excluding carboxylic acids is 3. The number of ether oxygens (including phenoxy) is 1. The number of rotatable bonds is 8. The normalized spacial score (nSPS) is 28.8. The van der Waals surface area contributed by atoms with Gasteiger partial charge < -0.3 is 15.4 Å². The van der Waals surface area contributed by atoms with Crippen molar-refractivity contribution in [2.75, 3.05) is 13.2 Å². The van der Waals surface area contributed by atoms with Gasteiger partial charge in [0.05, 0.1) is 0 Å². The first kappa shape index (κ1) is 20.9. The molecule has 4 saturated carbocycles. The molecular formula is C24H32N2O4. The van der Waals surface area contributed by atoms with Gasteiger partial charge >= 0.3 is 5.97 Å². The van der Waals surface area contributed by atoms with Gasteiger partial charge in [0.25, 0.3) is 5.91 Å². The second-order valence-corrected chi connectivity index (χ2v) is 9.79. The highest BCUT2D eigenvalue weighted by atomic mass is 16.5. The molecule has 1 aromatic rings. The maximum atomic E-state index is 12.5. The first-order valence-corrected chi connectivity index (χ1v) is 11.1. The third kappa shape index (κ3) is 5.21. The summed E-state index contributed by atoms with van der Waals surface area (Å²) in [4.78, 5) is 36.2. The van der Waals surface area contributed by atoms with Crippen LogP contribution in [0.25, 0.3) is 0 Å². The third-order valence-corrected chi connectivity index (χ3v) is 7.11. The zero-order valence-electron chi connectivity index (χ0n) is 17.7. The Morgan fingerprint density at radius 1 is 0.933 bits per heavy atom. The molecular weight excluding hydrogens is 380 g/mol. The Labute approximate surface area is 178 Å². The molecule has 4 bridgehead atoms. The Morgan fingerprint density at radius 3 is 2.13 bits per heavy atom. The molecule has 4 fully saturated rings. The predicted octanol–water partition coefficient (Wildman–Crippen LogP) is 2.88. The lowest BCUT2D eigenvalue weighted by molar-refractivity contribution is -0.148. The fourth-order valence-corrected chi connectivity index (χ4v) is 6.24. The van der Waals surface area contributed by atoms with Crippen molar-refractivity contribution in [2.45, 2.75) is 58.4 Å². The van der Waals surface area contributed by atoms with Crippen molar-refractivity contribution in [3.8, 4) is 0 Å². The molecule has 1 aromatic carbocycles. The van der Waals surface area contributed by atoms with E-state index in [4.69, 9.17) is 4.74 Å². The minimum absolute atomic E-state index is 0.0716. The van der Waals surface area contributed by atoms with Gasteiger partial charge in [0.15, 0.2) is 6.61 Å². The molecule has 2 N–H and O–H groups in total. The van der Waals surface area contributed by atoms with Crippen LogP contribution in [0, 0.1) is 30.1 Å². The first-order valence-electron chi connectivity index (χ1n) is 11.1. The van der Waals surface area contributed by atoms with Crippen LogP contribution in [0.15, 0.2) is 24.3 Å². The molecule has 0 spiro atoms. The Balaban J connectivity index is 1.13. The van der Waals surface area contributed by atoms with E-state index in [9.17, 15) is 14.4 Å². The largest absolute Gasteiger partial charge is 0.454 e. The van der Waals surface area contributed by atoms with Crippen LogP contribution in [-0.2, 0) is 25.7 Å². The number of amides is 2. The molecule has 4 aliphatic rings. The lowest BCUT2D eigenvalue weighted by atomic mass is 9.49. The number of esters is 1. The zero-order chi connectivity index (χ0) is 21.1. The van der Waals surface area contributed by atoms with Crippen LogP contribution in [0.4, 0.5) is 0 Å². The Morgan fingerprint density at radius 2 is 1.53 bits per heavy atom. The summed E-state index contributed by atoms with van der Waals surface area (Å²) in [6, 6.07) is 7.85. The van der Waals surface area contributed by atoms with Crippen LogP contribution in [0.3, 0.4) is 0 Å². The van der Waals surface area contributed by atoms with Gasteiger partial charge in [-0.1, -0.05) is 29.8 Å². The lowest BCUT2D eigenvalue weighted by Crippen LogP contribution is -2.48.